The van der Waals surface area contributed by atoms with Crippen LogP contribution in [0.25, 0.3) is 0 Å². The van der Waals surface area contributed by atoms with Crippen LogP contribution in [0.3, 0.4) is 0 Å². The number of benzene rings is 1. The second-order valence-electron chi connectivity index (χ2n) is 4.02. The highest BCUT2D eigenvalue weighted by atomic mass is 15.3. The Labute approximate surface area is 102 Å². The molecule has 0 aliphatic rings. The predicted molar refractivity (Wildman–Crippen MR) is 69.1 cm³/mol. The van der Waals surface area contributed by atoms with E-state index in [1.807, 2.05) is 12.1 Å². The van der Waals surface area contributed by atoms with Gasteiger partial charge in [0.05, 0.1) is 0 Å². The van der Waals surface area contributed by atoms with Crippen molar-refractivity contribution in [2.24, 2.45) is 0 Å². The lowest BCUT2D eigenvalue weighted by atomic mass is 10.2. The Balaban J connectivity index is 1.90. The SMILES string of the molecule is CCn1cnnc1CCNc1ccccc1C. The van der Waals surface area contributed by atoms with E-state index in [2.05, 4.69) is 46.1 Å². The Hall–Kier alpha value is -1.84. The molecule has 0 bridgehead atoms. The first-order valence-corrected chi connectivity index (χ1v) is 5.97. The molecule has 1 aromatic carbocycles. The number of anilines is 1. The van der Waals surface area contributed by atoms with Crippen LogP contribution >= 0.6 is 0 Å². The Morgan fingerprint density at radius 1 is 1.29 bits per heavy atom. The minimum absolute atomic E-state index is 0.879. The Bertz CT molecular complexity index is 476. The third-order valence-corrected chi connectivity index (χ3v) is 2.85. The highest BCUT2D eigenvalue weighted by Crippen LogP contribution is 2.12. The van der Waals surface area contributed by atoms with Crippen LogP contribution in [0.5, 0.6) is 0 Å². The molecule has 0 saturated carbocycles. The van der Waals surface area contributed by atoms with Gasteiger partial charge in [0.15, 0.2) is 0 Å². The van der Waals surface area contributed by atoms with E-state index in [1.165, 1.54) is 11.3 Å². The van der Waals surface area contributed by atoms with Gasteiger partial charge in [0.2, 0.25) is 0 Å². The fourth-order valence-corrected chi connectivity index (χ4v) is 1.82. The van der Waals surface area contributed by atoms with Crippen LogP contribution in [0.15, 0.2) is 30.6 Å². The molecule has 1 aromatic heterocycles. The third kappa shape index (κ3) is 2.84. The largest absolute Gasteiger partial charge is 0.384 e. The zero-order valence-corrected chi connectivity index (χ0v) is 10.3. The van der Waals surface area contributed by atoms with E-state index in [4.69, 9.17) is 0 Å². The smallest absolute Gasteiger partial charge is 0.134 e. The number of nitrogens with one attached hydrogen (secondary N) is 1. The summed E-state index contributed by atoms with van der Waals surface area (Å²) in [6, 6.07) is 8.30. The summed E-state index contributed by atoms with van der Waals surface area (Å²) in [6.45, 7) is 6.01. The van der Waals surface area contributed by atoms with Gasteiger partial charge in [0.25, 0.3) is 0 Å². The molecule has 0 spiro atoms. The van der Waals surface area contributed by atoms with Crippen molar-refractivity contribution in [3.8, 4) is 0 Å². The van der Waals surface area contributed by atoms with Gasteiger partial charge in [-0.15, -0.1) is 10.2 Å². The minimum atomic E-state index is 0.879. The number of para-hydroxylation sites is 1. The van der Waals surface area contributed by atoms with Crippen molar-refractivity contribution in [2.75, 3.05) is 11.9 Å². The van der Waals surface area contributed by atoms with Gasteiger partial charge in [-0.2, -0.15) is 0 Å². The van der Waals surface area contributed by atoms with Gasteiger partial charge in [-0.3, -0.25) is 0 Å². The van der Waals surface area contributed by atoms with Crippen LogP contribution < -0.4 is 5.32 Å². The molecule has 0 saturated heterocycles. The molecular formula is C13H18N4. The normalized spacial score (nSPS) is 10.5. The van der Waals surface area contributed by atoms with Crippen molar-refractivity contribution >= 4 is 5.69 Å². The van der Waals surface area contributed by atoms with Gasteiger partial charge < -0.3 is 9.88 Å². The van der Waals surface area contributed by atoms with Gasteiger partial charge >= 0.3 is 0 Å². The van der Waals surface area contributed by atoms with E-state index in [0.29, 0.717) is 0 Å². The number of hydrogen-bond acceptors (Lipinski definition) is 3. The molecule has 2 rings (SSSR count). The average Bonchev–Trinajstić information content (AvgIpc) is 2.79. The third-order valence-electron chi connectivity index (χ3n) is 2.85. The molecule has 0 fully saturated rings. The molecule has 2 aromatic rings. The number of aryl methyl sites for hydroxylation is 2. The summed E-state index contributed by atoms with van der Waals surface area (Å²) in [5, 5.41) is 11.5. The second kappa shape index (κ2) is 5.48. The van der Waals surface area contributed by atoms with E-state index in [0.717, 1.165) is 25.3 Å². The highest BCUT2D eigenvalue weighted by Gasteiger charge is 2.02. The van der Waals surface area contributed by atoms with Crippen molar-refractivity contribution in [1.29, 1.82) is 0 Å². The van der Waals surface area contributed by atoms with Crippen molar-refractivity contribution < 1.29 is 0 Å². The predicted octanol–water partition coefficient (Wildman–Crippen LogP) is 2.26. The monoisotopic (exact) mass is 230 g/mol. The molecule has 0 aliphatic heterocycles. The van der Waals surface area contributed by atoms with E-state index < -0.39 is 0 Å². The maximum absolute atomic E-state index is 4.11. The first kappa shape index (κ1) is 11.6. The second-order valence-corrected chi connectivity index (χ2v) is 4.02. The molecule has 1 heterocycles. The summed E-state index contributed by atoms with van der Waals surface area (Å²) in [7, 11) is 0. The molecular weight excluding hydrogens is 212 g/mol. The summed E-state index contributed by atoms with van der Waals surface area (Å²) in [5.41, 5.74) is 2.46. The standard InChI is InChI=1S/C13H18N4/c1-3-17-10-15-16-13(17)8-9-14-12-7-5-4-6-11(12)2/h4-7,10,14H,3,8-9H2,1-2H3. The van der Waals surface area contributed by atoms with Gasteiger partial charge in [0, 0.05) is 25.2 Å². The molecule has 0 radical (unpaired) electrons. The van der Waals surface area contributed by atoms with Gasteiger partial charge in [-0.1, -0.05) is 18.2 Å². The average molecular weight is 230 g/mol. The zero-order valence-electron chi connectivity index (χ0n) is 10.3. The Morgan fingerprint density at radius 3 is 2.88 bits per heavy atom. The Kier molecular flexibility index (Phi) is 3.75. The fourth-order valence-electron chi connectivity index (χ4n) is 1.82. The van der Waals surface area contributed by atoms with Crippen LogP contribution in [0.4, 0.5) is 5.69 Å². The van der Waals surface area contributed by atoms with Crippen molar-refractivity contribution in [2.45, 2.75) is 26.8 Å². The lowest BCUT2D eigenvalue weighted by Crippen LogP contribution is -2.10. The Morgan fingerprint density at radius 2 is 2.12 bits per heavy atom. The topological polar surface area (TPSA) is 42.7 Å². The van der Waals surface area contributed by atoms with Gasteiger partial charge in [0.1, 0.15) is 12.2 Å². The molecule has 0 unspecified atom stereocenters. The molecule has 4 nitrogen and oxygen atoms in total. The lowest BCUT2D eigenvalue weighted by Gasteiger charge is -2.09. The number of aromatic nitrogens is 3. The highest BCUT2D eigenvalue weighted by molar-refractivity contribution is 5.50. The van der Waals surface area contributed by atoms with Crippen LogP contribution in [-0.2, 0) is 13.0 Å². The summed E-state index contributed by atoms with van der Waals surface area (Å²) in [4.78, 5) is 0. The summed E-state index contributed by atoms with van der Waals surface area (Å²) < 4.78 is 2.07. The lowest BCUT2D eigenvalue weighted by molar-refractivity contribution is 0.698. The van der Waals surface area contributed by atoms with Crippen LogP contribution in [-0.4, -0.2) is 21.3 Å². The van der Waals surface area contributed by atoms with Crippen molar-refractivity contribution in [1.82, 2.24) is 14.8 Å². The first-order chi connectivity index (χ1) is 8.31. The van der Waals surface area contributed by atoms with Crippen LogP contribution in [0.1, 0.15) is 18.3 Å². The number of rotatable bonds is 5. The summed E-state index contributed by atoms with van der Waals surface area (Å²) in [6.07, 6.45) is 2.67. The van der Waals surface area contributed by atoms with Gasteiger partial charge in [-0.25, -0.2) is 0 Å². The number of hydrogen-bond donors (Lipinski definition) is 1. The van der Waals surface area contributed by atoms with Gasteiger partial charge in [-0.05, 0) is 25.5 Å². The maximum Gasteiger partial charge on any atom is 0.134 e. The molecule has 1 N–H and O–H groups in total. The van der Waals surface area contributed by atoms with E-state index >= 15 is 0 Å². The maximum atomic E-state index is 4.11. The zero-order chi connectivity index (χ0) is 12.1. The van der Waals surface area contributed by atoms with E-state index in [1.54, 1.807) is 6.33 Å². The van der Waals surface area contributed by atoms with Crippen LogP contribution in [0.2, 0.25) is 0 Å². The molecule has 90 valence electrons. The summed E-state index contributed by atoms with van der Waals surface area (Å²) >= 11 is 0. The quantitative estimate of drug-likeness (QED) is 0.856. The molecule has 0 atom stereocenters. The molecule has 0 aliphatic carbocycles. The molecule has 17 heavy (non-hydrogen) atoms. The minimum Gasteiger partial charge on any atom is -0.384 e. The van der Waals surface area contributed by atoms with E-state index in [-0.39, 0.29) is 0 Å². The van der Waals surface area contributed by atoms with Crippen LogP contribution in [0, 0.1) is 6.92 Å². The van der Waals surface area contributed by atoms with Crippen molar-refractivity contribution in [3.63, 3.8) is 0 Å². The van der Waals surface area contributed by atoms with E-state index in [9.17, 15) is 0 Å². The first-order valence-electron chi connectivity index (χ1n) is 5.97. The number of nitrogens with zero attached hydrogens (tertiary/aromatic N) is 3. The molecule has 4 heteroatoms. The molecule has 0 amide bonds. The van der Waals surface area contributed by atoms with Crippen molar-refractivity contribution in [3.05, 3.63) is 42.0 Å². The summed E-state index contributed by atoms with van der Waals surface area (Å²) in [5.74, 6) is 1.04. The fraction of sp³-hybridized carbons (Fsp3) is 0.385.